The maximum atomic E-state index is 12.9. The van der Waals surface area contributed by atoms with E-state index in [0.717, 1.165) is 20.9 Å². The zero-order valence-electron chi connectivity index (χ0n) is 15.3. The number of halogens is 1. The first-order chi connectivity index (χ1) is 14.0. The molecule has 2 aromatic carbocycles. The minimum absolute atomic E-state index is 0.0787. The van der Waals surface area contributed by atoms with Gasteiger partial charge in [0.1, 0.15) is 26.0 Å². The van der Waals surface area contributed by atoms with Crippen LogP contribution in [0.5, 0.6) is 5.75 Å². The molecule has 2 heterocycles. The van der Waals surface area contributed by atoms with Crippen molar-refractivity contribution in [3.8, 4) is 16.3 Å². The van der Waals surface area contributed by atoms with E-state index in [0.29, 0.717) is 22.5 Å². The fourth-order valence-corrected chi connectivity index (χ4v) is 5.41. The molecular formula is C20H16BrN3O3S2. The van der Waals surface area contributed by atoms with Crippen LogP contribution in [0.1, 0.15) is 6.92 Å². The first-order valence-corrected chi connectivity index (χ1v) is 11.8. The Balaban J connectivity index is 1.61. The lowest BCUT2D eigenvalue weighted by Crippen LogP contribution is -2.14. The molecule has 0 aliphatic heterocycles. The van der Waals surface area contributed by atoms with Crippen LogP contribution in [0.2, 0.25) is 0 Å². The van der Waals surface area contributed by atoms with Crippen LogP contribution < -0.4 is 9.46 Å². The second-order valence-corrected chi connectivity index (χ2v) is 9.60. The van der Waals surface area contributed by atoms with Crippen molar-refractivity contribution in [1.82, 2.24) is 9.97 Å². The molecule has 6 nitrogen and oxygen atoms in total. The van der Waals surface area contributed by atoms with Gasteiger partial charge in [-0.05, 0) is 61.5 Å². The maximum Gasteiger partial charge on any atom is 0.265 e. The van der Waals surface area contributed by atoms with E-state index < -0.39 is 10.0 Å². The predicted molar refractivity (Wildman–Crippen MR) is 119 cm³/mol. The Kier molecular flexibility index (Phi) is 5.53. The smallest absolute Gasteiger partial charge is 0.265 e. The standard InChI is InChI=1S/C20H16BrN3O3S2/c1-2-27-17-10-7-14(21)12-18(17)29(25,26)24-15-8-5-13(6-9-15)19-23-16-4-3-11-22-20(16)28-19/h3-12,24H,2H2,1H3. The Morgan fingerprint density at radius 3 is 2.66 bits per heavy atom. The number of rotatable bonds is 6. The number of sulfonamides is 1. The lowest BCUT2D eigenvalue weighted by Gasteiger charge is -2.13. The van der Waals surface area contributed by atoms with E-state index in [1.165, 1.54) is 17.4 Å². The van der Waals surface area contributed by atoms with E-state index in [1.807, 2.05) is 31.2 Å². The number of thiazole rings is 1. The molecular weight excluding hydrogens is 474 g/mol. The Labute approximate surface area is 180 Å². The lowest BCUT2D eigenvalue weighted by molar-refractivity contribution is 0.331. The summed E-state index contributed by atoms with van der Waals surface area (Å²) in [5.74, 6) is 0.307. The Hall–Kier alpha value is -2.49. The molecule has 4 rings (SSSR count). The minimum Gasteiger partial charge on any atom is -0.492 e. The molecule has 2 aromatic heterocycles. The van der Waals surface area contributed by atoms with Gasteiger partial charge in [0, 0.05) is 21.9 Å². The summed E-state index contributed by atoms with van der Waals surface area (Å²) in [5, 5.41) is 0.832. The summed E-state index contributed by atoms with van der Waals surface area (Å²) < 4.78 is 34.5. The molecule has 29 heavy (non-hydrogen) atoms. The van der Waals surface area contributed by atoms with Crippen molar-refractivity contribution in [1.29, 1.82) is 0 Å². The molecule has 0 saturated heterocycles. The average molecular weight is 490 g/mol. The first-order valence-electron chi connectivity index (χ1n) is 8.73. The van der Waals surface area contributed by atoms with Crippen LogP contribution in [0.15, 0.2) is 70.2 Å². The third kappa shape index (κ3) is 4.26. The monoisotopic (exact) mass is 489 g/mol. The minimum atomic E-state index is -3.81. The molecule has 0 amide bonds. The fourth-order valence-electron chi connectivity index (χ4n) is 2.75. The first kappa shape index (κ1) is 19.8. The van der Waals surface area contributed by atoms with Crippen molar-refractivity contribution >= 4 is 53.3 Å². The molecule has 0 unspecified atom stereocenters. The molecule has 4 aromatic rings. The largest absolute Gasteiger partial charge is 0.492 e. The predicted octanol–water partition coefficient (Wildman–Crippen LogP) is 5.32. The van der Waals surface area contributed by atoms with Crippen molar-refractivity contribution in [3.05, 3.63) is 65.3 Å². The van der Waals surface area contributed by atoms with Crippen LogP contribution >= 0.6 is 27.3 Å². The number of hydrogen-bond donors (Lipinski definition) is 1. The Morgan fingerprint density at radius 2 is 1.93 bits per heavy atom. The van der Waals surface area contributed by atoms with Crippen LogP contribution in [0, 0.1) is 0 Å². The second kappa shape index (κ2) is 8.10. The Bertz CT molecular complexity index is 1240. The number of pyridine rings is 1. The summed E-state index contributed by atoms with van der Waals surface area (Å²) in [7, 11) is -3.81. The van der Waals surface area contributed by atoms with Crippen LogP contribution in [0.3, 0.4) is 0 Å². The quantitative estimate of drug-likeness (QED) is 0.396. The summed E-state index contributed by atoms with van der Waals surface area (Å²) >= 11 is 4.81. The van der Waals surface area contributed by atoms with Gasteiger partial charge in [0.25, 0.3) is 10.0 Å². The lowest BCUT2D eigenvalue weighted by atomic mass is 10.2. The molecule has 0 aliphatic carbocycles. The molecule has 0 atom stereocenters. The highest BCUT2D eigenvalue weighted by molar-refractivity contribution is 9.10. The topological polar surface area (TPSA) is 81.2 Å². The summed E-state index contributed by atoms with van der Waals surface area (Å²) in [6.07, 6.45) is 1.74. The number of aromatic nitrogens is 2. The van der Waals surface area contributed by atoms with Crippen molar-refractivity contribution in [3.63, 3.8) is 0 Å². The van der Waals surface area contributed by atoms with E-state index in [1.54, 1.807) is 30.5 Å². The second-order valence-electron chi connectivity index (χ2n) is 6.05. The van der Waals surface area contributed by atoms with Crippen molar-refractivity contribution in [2.75, 3.05) is 11.3 Å². The molecule has 0 fully saturated rings. The van der Waals surface area contributed by atoms with Crippen LogP contribution in [-0.4, -0.2) is 25.0 Å². The van der Waals surface area contributed by atoms with Gasteiger partial charge in [0.15, 0.2) is 0 Å². The van der Waals surface area contributed by atoms with E-state index in [4.69, 9.17) is 4.74 Å². The maximum absolute atomic E-state index is 12.9. The van der Waals surface area contributed by atoms with E-state index in [-0.39, 0.29) is 4.90 Å². The normalized spacial score (nSPS) is 11.5. The van der Waals surface area contributed by atoms with Gasteiger partial charge >= 0.3 is 0 Å². The summed E-state index contributed by atoms with van der Waals surface area (Å²) in [6.45, 7) is 2.18. The Morgan fingerprint density at radius 1 is 1.14 bits per heavy atom. The van der Waals surface area contributed by atoms with Gasteiger partial charge in [0.05, 0.1) is 6.61 Å². The molecule has 0 radical (unpaired) electrons. The highest BCUT2D eigenvalue weighted by atomic mass is 79.9. The van der Waals surface area contributed by atoms with E-state index in [2.05, 4.69) is 30.6 Å². The van der Waals surface area contributed by atoms with Gasteiger partial charge in [-0.25, -0.2) is 18.4 Å². The van der Waals surface area contributed by atoms with Crippen molar-refractivity contribution < 1.29 is 13.2 Å². The third-order valence-corrected chi connectivity index (χ3v) is 6.97. The van der Waals surface area contributed by atoms with E-state index in [9.17, 15) is 8.42 Å². The molecule has 0 saturated carbocycles. The average Bonchev–Trinajstić information content (AvgIpc) is 3.14. The van der Waals surface area contributed by atoms with Gasteiger partial charge in [-0.1, -0.05) is 27.3 Å². The number of anilines is 1. The molecule has 148 valence electrons. The summed E-state index contributed by atoms with van der Waals surface area (Å²) in [6, 6.07) is 15.8. The summed E-state index contributed by atoms with van der Waals surface area (Å²) in [5.41, 5.74) is 2.19. The molecule has 0 aliphatic rings. The highest BCUT2D eigenvalue weighted by Gasteiger charge is 2.20. The van der Waals surface area contributed by atoms with Gasteiger partial charge in [0.2, 0.25) is 0 Å². The van der Waals surface area contributed by atoms with Crippen LogP contribution in [0.25, 0.3) is 20.9 Å². The van der Waals surface area contributed by atoms with Gasteiger partial charge in [-0.15, -0.1) is 0 Å². The van der Waals surface area contributed by atoms with Crippen molar-refractivity contribution in [2.45, 2.75) is 11.8 Å². The molecule has 0 bridgehead atoms. The number of benzene rings is 2. The van der Waals surface area contributed by atoms with Crippen molar-refractivity contribution in [2.24, 2.45) is 0 Å². The van der Waals surface area contributed by atoms with Crippen LogP contribution in [-0.2, 0) is 10.0 Å². The third-order valence-electron chi connectivity index (χ3n) is 4.05. The van der Waals surface area contributed by atoms with E-state index >= 15 is 0 Å². The highest BCUT2D eigenvalue weighted by Crippen LogP contribution is 2.31. The number of fused-ring (bicyclic) bond motifs is 1. The number of ether oxygens (including phenoxy) is 1. The summed E-state index contributed by atoms with van der Waals surface area (Å²) in [4.78, 5) is 9.82. The molecule has 0 spiro atoms. The molecule has 9 heteroatoms. The van der Waals surface area contributed by atoms with Gasteiger partial charge in [-0.3, -0.25) is 4.72 Å². The number of nitrogens with one attached hydrogen (secondary N) is 1. The number of hydrogen-bond acceptors (Lipinski definition) is 6. The SMILES string of the molecule is CCOc1ccc(Br)cc1S(=O)(=O)Nc1ccc(-c2nc3cccnc3s2)cc1. The van der Waals surface area contributed by atoms with Gasteiger partial charge in [-0.2, -0.15) is 0 Å². The van der Waals surface area contributed by atoms with Crippen LogP contribution in [0.4, 0.5) is 5.69 Å². The zero-order chi connectivity index (χ0) is 20.4. The molecule has 1 N–H and O–H groups in total. The fraction of sp³-hybridized carbons (Fsp3) is 0.100. The number of nitrogens with zero attached hydrogens (tertiary/aromatic N) is 2. The van der Waals surface area contributed by atoms with Gasteiger partial charge < -0.3 is 4.74 Å². The zero-order valence-corrected chi connectivity index (χ0v) is 18.5.